The van der Waals surface area contributed by atoms with Gasteiger partial charge in [0.2, 0.25) is 5.91 Å². The highest BCUT2D eigenvalue weighted by Crippen LogP contribution is 2.26. The zero-order valence-corrected chi connectivity index (χ0v) is 18.1. The fourth-order valence-electron chi connectivity index (χ4n) is 3.17. The summed E-state index contributed by atoms with van der Waals surface area (Å²) in [6, 6.07) is 20.0. The summed E-state index contributed by atoms with van der Waals surface area (Å²) in [7, 11) is 1.61. The van der Waals surface area contributed by atoms with E-state index in [9.17, 15) is 4.79 Å². The summed E-state index contributed by atoms with van der Waals surface area (Å²) in [5.74, 6) is 1.12. The molecule has 1 saturated heterocycles. The molecule has 1 amide bonds. The van der Waals surface area contributed by atoms with Gasteiger partial charge in [0.15, 0.2) is 5.17 Å². The highest BCUT2D eigenvalue weighted by Gasteiger charge is 2.28. The first kappa shape index (κ1) is 19.7. The van der Waals surface area contributed by atoms with Crippen LogP contribution in [0.15, 0.2) is 75.3 Å². The van der Waals surface area contributed by atoms with Crippen LogP contribution in [-0.4, -0.2) is 35.1 Å². The first-order chi connectivity index (χ1) is 14.2. The van der Waals surface area contributed by atoms with E-state index in [0.29, 0.717) is 23.2 Å². The maximum absolute atomic E-state index is 12.4. The summed E-state index contributed by atoms with van der Waals surface area (Å²) in [5, 5.41) is 11.4. The molecular formula is C22H18BrN3O2S. The van der Waals surface area contributed by atoms with Crippen molar-refractivity contribution in [3.05, 3.63) is 76.3 Å². The van der Waals surface area contributed by atoms with Crippen LogP contribution in [0, 0.1) is 0 Å². The van der Waals surface area contributed by atoms with Crippen LogP contribution in [0.5, 0.6) is 5.75 Å². The molecule has 0 aliphatic carbocycles. The number of thioether (sulfide) groups is 1. The van der Waals surface area contributed by atoms with Gasteiger partial charge in [-0.05, 0) is 34.5 Å². The van der Waals surface area contributed by atoms with Crippen LogP contribution >= 0.6 is 27.7 Å². The van der Waals surface area contributed by atoms with E-state index < -0.39 is 0 Å². The quantitative estimate of drug-likeness (QED) is 0.388. The lowest BCUT2D eigenvalue weighted by Gasteiger charge is -2.16. The van der Waals surface area contributed by atoms with Gasteiger partial charge in [-0.15, -0.1) is 5.10 Å². The Bertz CT molecular complexity index is 1120. The number of carbonyl (C=O) groups excluding carboxylic acids is 1. The second kappa shape index (κ2) is 8.80. The van der Waals surface area contributed by atoms with Gasteiger partial charge in [-0.1, -0.05) is 70.2 Å². The van der Waals surface area contributed by atoms with Crippen molar-refractivity contribution in [3.63, 3.8) is 0 Å². The standard InChI is InChI=1S/C22H18BrN3O2S/c1-28-20-10-9-18(23)11-17(20)12-24-25-22-26(21(27)14-29-22)13-16-7-4-6-15-5-2-3-8-19(15)16/h2-12H,13-14H2,1H3/b24-12+,25-22-. The van der Waals surface area contributed by atoms with E-state index in [4.69, 9.17) is 4.74 Å². The van der Waals surface area contributed by atoms with Crippen molar-refractivity contribution >= 4 is 55.8 Å². The Kier molecular flexibility index (Phi) is 5.97. The summed E-state index contributed by atoms with van der Waals surface area (Å²) in [4.78, 5) is 14.1. The monoisotopic (exact) mass is 467 g/mol. The third-order valence-corrected chi connectivity index (χ3v) is 6.04. The number of carbonyl (C=O) groups is 1. The van der Waals surface area contributed by atoms with Gasteiger partial charge >= 0.3 is 0 Å². The number of nitrogens with zero attached hydrogens (tertiary/aromatic N) is 3. The lowest BCUT2D eigenvalue weighted by atomic mass is 10.0. The molecule has 3 aromatic rings. The van der Waals surface area contributed by atoms with Gasteiger partial charge in [-0.3, -0.25) is 9.69 Å². The molecule has 5 nitrogen and oxygen atoms in total. The van der Waals surface area contributed by atoms with Gasteiger partial charge < -0.3 is 4.74 Å². The summed E-state index contributed by atoms with van der Waals surface area (Å²) < 4.78 is 6.28. The zero-order valence-electron chi connectivity index (χ0n) is 15.7. The van der Waals surface area contributed by atoms with E-state index in [1.54, 1.807) is 18.2 Å². The normalized spacial score (nSPS) is 15.7. The Hall–Kier alpha value is -2.64. The summed E-state index contributed by atoms with van der Waals surface area (Å²) in [6.07, 6.45) is 1.63. The van der Waals surface area contributed by atoms with Crippen LogP contribution in [0.1, 0.15) is 11.1 Å². The van der Waals surface area contributed by atoms with Crippen molar-refractivity contribution in [2.24, 2.45) is 10.2 Å². The third-order valence-electron chi connectivity index (χ3n) is 4.60. The second-order valence-electron chi connectivity index (χ2n) is 6.42. The molecule has 0 aromatic heterocycles. The van der Waals surface area contributed by atoms with Crippen molar-refractivity contribution < 1.29 is 9.53 Å². The van der Waals surface area contributed by atoms with Crippen molar-refractivity contribution in [1.82, 2.24) is 4.90 Å². The molecule has 29 heavy (non-hydrogen) atoms. The second-order valence-corrected chi connectivity index (χ2v) is 8.28. The minimum absolute atomic E-state index is 0.0388. The number of ether oxygens (including phenoxy) is 1. The molecule has 4 rings (SSSR count). The molecule has 1 fully saturated rings. The molecule has 0 saturated carbocycles. The Morgan fingerprint density at radius 2 is 2.00 bits per heavy atom. The number of methoxy groups -OCH3 is 1. The van der Waals surface area contributed by atoms with Gasteiger partial charge in [0.05, 0.1) is 25.6 Å². The maximum Gasteiger partial charge on any atom is 0.239 e. The Labute approximate surface area is 181 Å². The molecule has 1 aliphatic heterocycles. The molecule has 0 atom stereocenters. The Morgan fingerprint density at radius 3 is 2.86 bits per heavy atom. The molecule has 0 N–H and O–H groups in total. The van der Waals surface area contributed by atoms with E-state index in [1.807, 2.05) is 42.5 Å². The van der Waals surface area contributed by atoms with Gasteiger partial charge in [0.1, 0.15) is 5.75 Å². The molecule has 0 bridgehead atoms. The average Bonchev–Trinajstić information content (AvgIpc) is 3.08. The van der Waals surface area contributed by atoms with E-state index in [0.717, 1.165) is 26.4 Å². The highest BCUT2D eigenvalue weighted by atomic mass is 79.9. The van der Waals surface area contributed by atoms with Gasteiger partial charge in [0.25, 0.3) is 0 Å². The maximum atomic E-state index is 12.4. The minimum atomic E-state index is 0.0388. The Morgan fingerprint density at radius 1 is 1.17 bits per heavy atom. The van der Waals surface area contributed by atoms with Crippen LogP contribution in [0.4, 0.5) is 0 Å². The molecule has 3 aromatic carbocycles. The van der Waals surface area contributed by atoms with Crippen molar-refractivity contribution in [2.45, 2.75) is 6.54 Å². The van der Waals surface area contributed by atoms with Gasteiger partial charge in [0, 0.05) is 10.0 Å². The molecule has 146 valence electrons. The Balaban J connectivity index is 1.59. The molecular weight excluding hydrogens is 450 g/mol. The van der Waals surface area contributed by atoms with Crippen LogP contribution in [0.2, 0.25) is 0 Å². The van der Waals surface area contributed by atoms with Crippen molar-refractivity contribution in [2.75, 3.05) is 12.9 Å². The fraction of sp³-hybridized carbons (Fsp3) is 0.136. The van der Waals surface area contributed by atoms with E-state index >= 15 is 0 Å². The molecule has 1 aliphatic rings. The van der Waals surface area contributed by atoms with Crippen LogP contribution < -0.4 is 4.74 Å². The lowest BCUT2D eigenvalue weighted by molar-refractivity contribution is -0.124. The van der Waals surface area contributed by atoms with E-state index in [-0.39, 0.29) is 5.91 Å². The predicted octanol–water partition coefficient (Wildman–Crippen LogP) is 5.08. The number of hydrogen-bond donors (Lipinski definition) is 0. The first-order valence-corrected chi connectivity index (χ1v) is 10.8. The van der Waals surface area contributed by atoms with Crippen LogP contribution in [0.3, 0.4) is 0 Å². The van der Waals surface area contributed by atoms with Crippen molar-refractivity contribution in [3.8, 4) is 5.75 Å². The third kappa shape index (κ3) is 4.36. The molecule has 1 heterocycles. The summed E-state index contributed by atoms with van der Waals surface area (Å²) in [5.41, 5.74) is 1.89. The van der Waals surface area contributed by atoms with E-state index in [2.05, 4.69) is 44.3 Å². The smallest absolute Gasteiger partial charge is 0.239 e. The molecule has 0 radical (unpaired) electrons. The molecule has 0 unspecified atom stereocenters. The number of halogens is 1. The SMILES string of the molecule is COc1ccc(Br)cc1/C=N/N=C1\SCC(=O)N1Cc1cccc2ccccc12. The number of benzene rings is 3. The molecule has 0 spiro atoms. The highest BCUT2D eigenvalue weighted by molar-refractivity contribution is 9.10. The van der Waals surface area contributed by atoms with Crippen LogP contribution in [0.25, 0.3) is 10.8 Å². The van der Waals surface area contributed by atoms with Crippen LogP contribution in [-0.2, 0) is 11.3 Å². The number of hydrogen-bond acceptors (Lipinski definition) is 5. The van der Waals surface area contributed by atoms with Gasteiger partial charge in [-0.25, -0.2) is 0 Å². The fourth-order valence-corrected chi connectivity index (χ4v) is 4.39. The largest absolute Gasteiger partial charge is 0.496 e. The number of amidine groups is 1. The zero-order chi connectivity index (χ0) is 20.2. The minimum Gasteiger partial charge on any atom is -0.496 e. The predicted molar refractivity (Wildman–Crippen MR) is 123 cm³/mol. The average molecular weight is 468 g/mol. The number of fused-ring (bicyclic) bond motifs is 1. The van der Waals surface area contributed by atoms with Crippen molar-refractivity contribution in [1.29, 1.82) is 0 Å². The summed E-state index contributed by atoms with van der Waals surface area (Å²) >= 11 is 4.85. The topological polar surface area (TPSA) is 54.3 Å². The lowest BCUT2D eigenvalue weighted by Crippen LogP contribution is -2.28. The summed E-state index contributed by atoms with van der Waals surface area (Å²) in [6.45, 7) is 0.474. The number of amides is 1. The molecule has 7 heteroatoms. The van der Waals surface area contributed by atoms with Gasteiger partial charge in [-0.2, -0.15) is 5.10 Å². The first-order valence-electron chi connectivity index (χ1n) is 9.00. The number of rotatable bonds is 5. The van der Waals surface area contributed by atoms with E-state index in [1.165, 1.54) is 11.8 Å².